The van der Waals surface area contributed by atoms with Crippen LogP contribution in [0.2, 0.25) is 0 Å². The SMILES string of the molecule is CS(C)(C)C#Cc1c(-c2ccccc2)c(=O)c1=O. The largest absolute Gasteiger partial charge is 0.285 e. The minimum absolute atomic E-state index is 0.369. The summed E-state index contributed by atoms with van der Waals surface area (Å²) >= 11 is 0. The Morgan fingerprint density at radius 3 is 2.11 bits per heavy atom. The van der Waals surface area contributed by atoms with Crippen LogP contribution in [0.4, 0.5) is 0 Å². The van der Waals surface area contributed by atoms with E-state index in [-0.39, 0.29) is 0 Å². The molecule has 18 heavy (non-hydrogen) atoms. The quantitative estimate of drug-likeness (QED) is 0.579. The summed E-state index contributed by atoms with van der Waals surface area (Å²) in [6.45, 7) is 0. The molecule has 2 nitrogen and oxygen atoms in total. The molecule has 2 aromatic carbocycles. The van der Waals surface area contributed by atoms with Crippen molar-refractivity contribution in [3.63, 3.8) is 0 Å². The second-order valence-corrected chi connectivity index (χ2v) is 8.72. The fourth-order valence-electron chi connectivity index (χ4n) is 1.60. The molecule has 0 aliphatic heterocycles. The summed E-state index contributed by atoms with van der Waals surface area (Å²) < 4.78 is 0. The van der Waals surface area contributed by atoms with Gasteiger partial charge in [0.1, 0.15) is 0 Å². The normalized spacial score (nSPS) is 11.9. The Morgan fingerprint density at radius 1 is 0.944 bits per heavy atom. The van der Waals surface area contributed by atoms with Gasteiger partial charge in [-0.05, 0) is 29.6 Å². The van der Waals surface area contributed by atoms with Gasteiger partial charge in [0.15, 0.2) is 0 Å². The van der Waals surface area contributed by atoms with Gasteiger partial charge in [-0.15, -0.1) is 0 Å². The molecular formula is C15H14O2S. The lowest BCUT2D eigenvalue weighted by atomic mass is 9.95. The van der Waals surface area contributed by atoms with E-state index >= 15 is 0 Å². The van der Waals surface area contributed by atoms with Crippen LogP contribution in [-0.4, -0.2) is 18.8 Å². The van der Waals surface area contributed by atoms with Crippen molar-refractivity contribution in [3.8, 4) is 22.3 Å². The highest BCUT2D eigenvalue weighted by atomic mass is 32.3. The predicted molar refractivity (Wildman–Crippen MR) is 79.0 cm³/mol. The molecule has 3 heteroatoms. The number of hydrogen-bond acceptors (Lipinski definition) is 2. The van der Waals surface area contributed by atoms with E-state index in [1.807, 2.05) is 49.1 Å². The van der Waals surface area contributed by atoms with Crippen molar-refractivity contribution >= 4 is 10.0 Å². The topological polar surface area (TPSA) is 34.1 Å². The third-order valence-corrected chi connectivity index (χ3v) is 3.17. The molecule has 0 aliphatic rings. The highest BCUT2D eigenvalue weighted by molar-refractivity contribution is 8.35. The van der Waals surface area contributed by atoms with E-state index in [9.17, 15) is 9.59 Å². The molecule has 0 aromatic heterocycles. The molecule has 2 rings (SSSR count). The van der Waals surface area contributed by atoms with E-state index in [1.54, 1.807) is 0 Å². The Labute approximate surface area is 108 Å². The van der Waals surface area contributed by atoms with Crippen LogP contribution >= 0.6 is 10.0 Å². The zero-order valence-electron chi connectivity index (χ0n) is 10.6. The summed E-state index contributed by atoms with van der Waals surface area (Å²) in [6.07, 6.45) is 6.15. The molecular weight excluding hydrogens is 244 g/mol. The zero-order valence-corrected chi connectivity index (χ0v) is 11.4. The van der Waals surface area contributed by atoms with Crippen LogP contribution in [0.15, 0.2) is 39.9 Å². The standard InChI is InChI=1S/C15H14O2S/c1-18(2,3)10-9-12-13(15(17)14(12)16)11-7-5-4-6-8-11/h4-8H,1-3H3. The summed E-state index contributed by atoms with van der Waals surface area (Å²) in [5.41, 5.74) is 0.736. The molecule has 0 bridgehead atoms. The summed E-state index contributed by atoms with van der Waals surface area (Å²) in [5, 5.41) is 3.08. The van der Waals surface area contributed by atoms with Crippen molar-refractivity contribution in [2.75, 3.05) is 18.8 Å². The zero-order chi connectivity index (χ0) is 13.3. The Kier molecular flexibility index (Phi) is 3.14. The summed E-state index contributed by atoms with van der Waals surface area (Å²) in [5.74, 6) is 2.88. The van der Waals surface area contributed by atoms with Gasteiger partial charge in [-0.3, -0.25) is 9.59 Å². The van der Waals surface area contributed by atoms with Crippen molar-refractivity contribution in [2.45, 2.75) is 0 Å². The van der Waals surface area contributed by atoms with Gasteiger partial charge in [-0.2, -0.15) is 10.0 Å². The summed E-state index contributed by atoms with van der Waals surface area (Å²) in [4.78, 5) is 23.2. The molecule has 0 spiro atoms. The molecule has 0 saturated heterocycles. The molecule has 0 atom stereocenters. The van der Waals surface area contributed by atoms with E-state index in [4.69, 9.17) is 0 Å². The third-order valence-electron chi connectivity index (χ3n) is 2.46. The maximum absolute atomic E-state index is 11.6. The van der Waals surface area contributed by atoms with Crippen LogP contribution < -0.4 is 10.9 Å². The van der Waals surface area contributed by atoms with Gasteiger partial charge in [0.05, 0.1) is 11.1 Å². The minimum Gasteiger partial charge on any atom is -0.285 e. The first-order valence-electron chi connectivity index (χ1n) is 5.50. The minimum atomic E-state index is -1.00. The monoisotopic (exact) mass is 258 g/mol. The molecule has 0 heterocycles. The van der Waals surface area contributed by atoms with Crippen LogP contribution in [0.25, 0.3) is 11.1 Å². The summed E-state index contributed by atoms with van der Waals surface area (Å²) in [6, 6.07) is 9.22. The Balaban J connectivity index is 2.52. The molecule has 2 aromatic rings. The lowest BCUT2D eigenvalue weighted by molar-refractivity contribution is 1.37. The first kappa shape index (κ1) is 12.7. The van der Waals surface area contributed by atoms with Crippen LogP contribution in [-0.2, 0) is 0 Å². The number of rotatable bonds is 1. The average Bonchev–Trinajstić information content (AvgIpc) is 2.33. The predicted octanol–water partition coefficient (Wildman–Crippen LogP) is 1.95. The van der Waals surface area contributed by atoms with Crippen molar-refractivity contribution < 1.29 is 0 Å². The van der Waals surface area contributed by atoms with E-state index in [2.05, 4.69) is 11.2 Å². The lowest BCUT2D eigenvalue weighted by Gasteiger charge is -2.15. The molecule has 0 saturated carbocycles. The van der Waals surface area contributed by atoms with Crippen molar-refractivity contribution in [2.24, 2.45) is 0 Å². The van der Waals surface area contributed by atoms with Gasteiger partial charge in [0, 0.05) is 0 Å². The van der Waals surface area contributed by atoms with Gasteiger partial charge in [-0.1, -0.05) is 36.3 Å². The number of benzene rings is 1. The molecule has 0 fully saturated rings. The Hall–Kier alpha value is -1.79. The van der Waals surface area contributed by atoms with Gasteiger partial charge in [-0.25, -0.2) is 0 Å². The molecule has 0 N–H and O–H groups in total. The van der Waals surface area contributed by atoms with Gasteiger partial charge in [0.25, 0.3) is 0 Å². The highest BCUT2D eigenvalue weighted by Crippen LogP contribution is 2.32. The molecule has 0 radical (unpaired) electrons. The van der Waals surface area contributed by atoms with E-state index in [1.165, 1.54) is 0 Å². The van der Waals surface area contributed by atoms with Crippen LogP contribution in [0.5, 0.6) is 0 Å². The van der Waals surface area contributed by atoms with Crippen molar-refractivity contribution in [1.82, 2.24) is 0 Å². The number of hydrogen-bond donors (Lipinski definition) is 0. The Bertz CT molecular complexity index is 703. The lowest BCUT2D eigenvalue weighted by Crippen LogP contribution is -2.36. The molecule has 0 unspecified atom stereocenters. The maximum Gasteiger partial charge on any atom is 0.242 e. The van der Waals surface area contributed by atoms with Crippen LogP contribution in [0.1, 0.15) is 5.56 Å². The smallest absolute Gasteiger partial charge is 0.242 e. The van der Waals surface area contributed by atoms with Gasteiger partial charge >= 0.3 is 0 Å². The average molecular weight is 258 g/mol. The molecule has 0 amide bonds. The third kappa shape index (κ3) is 2.39. The second kappa shape index (κ2) is 4.47. The Morgan fingerprint density at radius 2 is 1.56 bits per heavy atom. The fourth-order valence-corrected chi connectivity index (χ4v) is 2.00. The van der Waals surface area contributed by atoms with E-state index in [0.717, 1.165) is 5.56 Å². The van der Waals surface area contributed by atoms with Crippen LogP contribution in [0, 0.1) is 11.2 Å². The van der Waals surface area contributed by atoms with Crippen molar-refractivity contribution in [1.29, 1.82) is 0 Å². The van der Waals surface area contributed by atoms with Gasteiger partial charge in [0.2, 0.25) is 10.9 Å². The van der Waals surface area contributed by atoms with Crippen LogP contribution in [0.3, 0.4) is 0 Å². The second-order valence-electron chi connectivity index (χ2n) is 4.84. The van der Waals surface area contributed by atoms with E-state index < -0.39 is 20.9 Å². The first-order valence-corrected chi connectivity index (χ1v) is 8.36. The first-order chi connectivity index (χ1) is 8.40. The highest BCUT2D eigenvalue weighted by Gasteiger charge is 2.20. The maximum atomic E-state index is 11.6. The fraction of sp³-hybridized carbons (Fsp3) is 0.200. The molecule has 92 valence electrons. The van der Waals surface area contributed by atoms with Crippen molar-refractivity contribution in [3.05, 3.63) is 56.3 Å². The van der Waals surface area contributed by atoms with Gasteiger partial charge < -0.3 is 0 Å². The molecule has 0 aliphatic carbocycles. The summed E-state index contributed by atoms with van der Waals surface area (Å²) in [7, 11) is -1.00. The van der Waals surface area contributed by atoms with E-state index in [0.29, 0.717) is 11.1 Å².